The molecule has 4 heteroatoms. The second-order valence-corrected chi connectivity index (χ2v) is 8.56. The largest absolute Gasteiger partial charge is 0.332 e. The van der Waals surface area contributed by atoms with Crippen LogP contribution in [0.5, 0.6) is 0 Å². The van der Waals surface area contributed by atoms with Gasteiger partial charge in [-0.05, 0) is 85.9 Å². The van der Waals surface area contributed by atoms with Gasteiger partial charge in [0.05, 0.1) is 6.20 Å². The summed E-state index contributed by atoms with van der Waals surface area (Å²) in [5.74, 6) is 0.178. The molecule has 29 heavy (non-hydrogen) atoms. The normalized spacial score (nSPS) is 18.3. The highest BCUT2D eigenvalue weighted by Crippen LogP contribution is 2.35. The fourth-order valence-electron chi connectivity index (χ4n) is 4.82. The summed E-state index contributed by atoms with van der Waals surface area (Å²) in [6.07, 6.45) is 7.08. The Balaban J connectivity index is 1.40. The fraction of sp³-hybridized carbons (Fsp3) is 0.360. The number of amides is 1. The van der Waals surface area contributed by atoms with Gasteiger partial charge in [-0.15, -0.1) is 0 Å². The molecule has 1 saturated carbocycles. The number of hydrogen-bond donors (Lipinski definition) is 1. The number of nitrogens with zero attached hydrogens (tertiary/aromatic N) is 2. The Kier molecular flexibility index (Phi) is 4.50. The first-order valence-electron chi connectivity index (χ1n) is 10.6. The smallest absolute Gasteiger partial charge is 0.254 e. The molecule has 0 aliphatic heterocycles. The molecule has 1 N–H and O–H groups in total. The van der Waals surface area contributed by atoms with E-state index < -0.39 is 0 Å². The van der Waals surface area contributed by atoms with E-state index in [2.05, 4.69) is 59.3 Å². The van der Waals surface area contributed by atoms with Crippen LogP contribution in [0.25, 0.3) is 11.1 Å². The lowest BCUT2D eigenvalue weighted by molar-refractivity contribution is 0.0643. The molecule has 1 aromatic heterocycles. The van der Waals surface area contributed by atoms with Crippen molar-refractivity contribution < 1.29 is 4.79 Å². The van der Waals surface area contributed by atoms with E-state index in [-0.39, 0.29) is 11.9 Å². The first kappa shape index (κ1) is 18.2. The summed E-state index contributed by atoms with van der Waals surface area (Å²) in [7, 11) is 0. The van der Waals surface area contributed by atoms with Gasteiger partial charge in [-0.2, -0.15) is 5.10 Å². The zero-order valence-electron chi connectivity index (χ0n) is 17.1. The minimum atomic E-state index is 0.178. The Bertz CT molecular complexity index is 1030. The highest BCUT2D eigenvalue weighted by Gasteiger charge is 2.39. The lowest BCUT2D eigenvalue weighted by Crippen LogP contribution is -2.44. The molecule has 0 bridgehead atoms. The quantitative estimate of drug-likeness (QED) is 0.697. The molecular formula is C25H27N3O. The summed E-state index contributed by atoms with van der Waals surface area (Å²) in [6, 6.07) is 15.3. The molecule has 1 unspecified atom stereocenters. The second kappa shape index (κ2) is 7.18. The van der Waals surface area contributed by atoms with Crippen molar-refractivity contribution >= 4 is 5.91 Å². The number of H-pyrrole nitrogens is 1. The Labute approximate surface area is 172 Å². The van der Waals surface area contributed by atoms with Gasteiger partial charge in [-0.25, -0.2) is 0 Å². The van der Waals surface area contributed by atoms with Crippen LogP contribution in [0.4, 0.5) is 0 Å². The number of aryl methyl sites for hydroxylation is 3. The average molecular weight is 386 g/mol. The van der Waals surface area contributed by atoms with Gasteiger partial charge in [-0.1, -0.05) is 30.3 Å². The zero-order valence-corrected chi connectivity index (χ0v) is 17.1. The minimum Gasteiger partial charge on any atom is -0.332 e. The Hall–Kier alpha value is -2.88. The van der Waals surface area contributed by atoms with Gasteiger partial charge < -0.3 is 4.90 Å². The maximum atomic E-state index is 13.5. The standard InChI is InChI=1S/C25H27N3O/c1-16-4-3-5-17(2)24(16)18-6-8-19(9-7-18)25(29)28(21-10-11-21)22-12-13-23-20(14-22)15-26-27-23/h3-9,15,21-22H,10-14H2,1-2H3,(H,26,27). The first-order valence-corrected chi connectivity index (χ1v) is 10.6. The summed E-state index contributed by atoms with van der Waals surface area (Å²) in [4.78, 5) is 15.6. The van der Waals surface area contributed by atoms with Gasteiger partial charge >= 0.3 is 0 Å². The molecule has 2 aliphatic carbocycles. The average Bonchev–Trinajstić information content (AvgIpc) is 3.44. The second-order valence-electron chi connectivity index (χ2n) is 8.56. The van der Waals surface area contributed by atoms with Crippen LogP contribution in [0.2, 0.25) is 0 Å². The number of carbonyl (C=O) groups is 1. The highest BCUT2D eigenvalue weighted by atomic mass is 16.2. The van der Waals surface area contributed by atoms with Gasteiger partial charge in [0.25, 0.3) is 5.91 Å². The van der Waals surface area contributed by atoms with Crippen molar-refractivity contribution in [2.24, 2.45) is 0 Å². The van der Waals surface area contributed by atoms with E-state index in [0.717, 1.165) is 37.7 Å². The van der Waals surface area contributed by atoms with E-state index in [1.807, 2.05) is 18.3 Å². The summed E-state index contributed by atoms with van der Waals surface area (Å²) in [6.45, 7) is 4.28. The maximum Gasteiger partial charge on any atom is 0.254 e. The summed E-state index contributed by atoms with van der Waals surface area (Å²) in [5.41, 5.74) is 8.28. The number of fused-ring (bicyclic) bond motifs is 1. The number of aromatic nitrogens is 2. The molecule has 2 aromatic carbocycles. The molecule has 148 valence electrons. The van der Waals surface area contributed by atoms with Crippen LogP contribution in [-0.2, 0) is 12.8 Å². The lowest BCUT2D eigenvalue weighted by atomic mass is 9.91. The molecule has 3 aromatic rings. The highest BCUT2D eigenvalue weighted by molar-refractivity contribution is 5.95. The summed E-state index contributed by atoms with van der Waals surface area (Å²) >= 11 is 0. The number of benzene rings is 2. The van der Waals surface area contributed by atoms with Gasteiger partial charge in [0, 0.05) is 23.3 Å². The van der Waals surface area contributed by atoms with Crippen LogP contribution in [0, 0.1) is 13.8 Å². The Morgan fingerprint density at radius 2 is 1.72 bits per heavy atom. The Morgan fingerprint density at radius 1 is 1.00 bits per heavy atom. The van der Waals surface area contributed by atoms with Gasteiger partial charge in [-0.3, -0.25) is 9.89 Å². The van der Waals surface area contributed by atoms with Crippen molar-refractivity contribution in [1.82, 2.24) is 15.1 Å². The van der Waals surface area contributed by atoms with E-state index >= 15 is 0 Å². The van der Waals surface area contributed by atoms with Crippen LogP contribution in [0.15, 0.2) is 48.7 Å². The first-order chi connectivity index (χ1) is 14.1. The van der Waals surface area contributed by atoms with Crippen molar-refractivity contribution in [2.75, 3.05) is 0 Å². The van der Waals surface area contributed by atoms with Gasteiger partial charge in [0.2, 0.25) is 0 Å². The van der Waals surface area contributed by atoms with E-state index in [4.69, 9.17) is 0 Å². The molecule has 0 spiro atoms. The van der Waals surface area contributed by atoms with Crippen molar-refractivity contribution in [3.8, 4) is 11.1 Å². The topological polar surface area (TPSA) is 49.0 Å². The zero-order chi connectivity index (χ0) is 20.0. The predicted octanol–water partition coefficient (Wildman–Crippen LogP) is 4.86. The molecule has 0 radical (unpaired) electrons. The van der Waals surface area contributed by atoms with Crippen molar-refractivity contribution in [3.05, 3.63) is 76.6 Å². The van der Waals surface area contributed by atoms with E-state index in [1.54, 1.807) is 0 Å². The van der Waals surface area contributed by atoms with Crippen molar-refractivity contribution in [1.29, 1.82) is 0 Å². The number of nitrogens with one attached hydrogen (secondary N) is 1. The molecule has 1 atom stereocenters. The van der Waals surface area contributed by atoms with E-state index in [1.165, 1.54) is 33.5 Å². The van der Waals surface area contributed by atoms with E-state index in [0.29, 0.717) is 6.04 Å². The molecule has 1 heterocycles. The van der Waals surface area contributed by atoms with Crippen LogP contribution in [0.3, 0.4) is 0 Å². The van der Waals surface area contributed by atoms with E-state index in [9.17, 15) is 4.79 Å². The molecular weight excluding hydrogens is 358 g/mol. The number of carbonyl (C=O) groups excluding carboxylic acids is 1. The number of rotatable bonds is 4. The van der Waals surface area contributed by atoms with Crippen molar-refractivity contribution in [3.63, 3.8) is 0 Å². The van der Waals surface area contributed by atoms with Gasteiger partial charge in [0.15, 0.2) is 0 Å². The number of aromatic amines is 1. The third-order valence-electron chi connectivity index (χ3n) is 6.46. The molecule has 1 amide bonds. The van der Waals surface area contributed by atoms with Crippen LogP contribution in [-0.4, -0.2) is 33.1 Å². The molecule has 4 nitrogen and oxygen atoms in total. The van der Waals surface area contributed by atoms with Crippen LogP contribution < -0.4 is 0 Å². The SMILES string of the molecule is Cc1cccc(C)c1-c1ccc(C(=O)N(C2CC2)C2CCc3[nH]ncc3C2)cc1. The third-order valence-corrected chi connectivity index (χ3v) is 6.46. The van der Waals surface area contributed by atoms with Crippen molar-refractivity contribution in [2.45, 2.75) is 58.0 Å². The molecule has 5 rings (SSSR count). The minimum absolute atomic E-state index is 0.178. The monoisotopic (exact) mass is 385 g/mol. The number of hydrogen-bond acceptors (Lipinski definition) is 2. The molecule has 0 saturated heterocycles. The lowest BCUT2D eigenvalue weighted by Gasteiger charge is -2.34. The molecule has 2 aliphatic rings. The fourth-order valence-corrected chi connectivity index (χ4v) is 4.82. The predicted molar refractivity (Wildman–Crippen MR) is 115 cm³/mol. The van der Waals surface area contributed by atoms with Crippen LogP contribution in [0.1, 0.15) is 52.0 Å². The van der Waals surface area contributed by atoms with Gasteiger partial charge in [0.1, 0.15) is 0 Å². The third kappa shape index (κ3) is 3.37. The Morgan fingerprint density at radius 3 is 2.41 bits per heavy atom. The summed E-state index contributed by atoms with van der Waals surface area (Å²) < 4.78 is 0. The maximum absolute atomic E-state index is 13.5. The van der Waals surface area contributed by atoms with Crippen LogP contribution >= 0.6 is 0 Å². The molecule has 1 fully saturated rings. The summed E-state index contributed by atoms with van der Waals surface area (Å²) in [5, 5.41) is 7.29.